The first kappa shape index (κ1) is 26.0. The van der Waals surface area contributed by atoms with Crippen molar-refractivity contribution in [2.45, 2.75) is 70.1 Å². The van der Waals surface area contributed by atoms with Gasteiger partial charge in [0.1, 0.15) is 0 Å². The molecular formula is C28H39N7OS. The molecule has 0 unspecified atom stereocenters. The first-order chi connectivity index (χ1) is 18.0. The molecule has 9 heteroatoms. The fourth-order valence-corrected chi connectivity index (χ4v) is 6.76. The third kappa shape index (κ3) is 6.09. The van der Waals surface area contributed by atoms with Crippen LogP contribution in [0.4, 0.5) is 5.95 Å². The van der Waals surface area contributed by atoms with Gasteiger partial charge in [0.15, 0.2) is 5.16 Å². The summed E-state index contributed by atoms with van der Waals surface area (Å²) in [5.74, 6) is 1.88. The number of rotatable bonds is 8. The zero-order valence-corrected chi connectivity index (χ0v) is 22.9. The molecule has 2 saturated heterocycles. The number of nitrogens with two attached hydrogens (primary N) is 1. The molecule has 0 saturated carbocycles. The predicted molar refractivity (Wildman–Crippen MR) is 149 cm³/mol. The van der Waals surface area contributed by atoms with Gasteiger partial charge in [-0.15, -0.1) is 0 Å². The summed E-state index contributed by atoms with van der Waals surface area (Å²) in [6.07, 6.45) is 9.79. The van der Waals surface area contributed by atoms with Crippen LogP contribution < -0.4 is 5.73 Å². The second-order valence-electron chi connectivity index (χ2n) is 10.5. The Morgan fingerprint density at radius 2 is 1.81 bits per heavy atom. The summed E-state index contributed by atoms with van der Waals surface area (Å²) >= 11 is 1.88. The SMILES string of the molecule is CCCCSc1nc2cc(C)ccc2n1C1CCN(C(=O)C2CCN(Cc3cnc(N)nc3)CC2)CC1. The quantitative estimate of drug-likeness (QED) is 0.340. The largest absolute Gasteiger partial charge is 0.368 e. The van der Waals surface area contributed by atoms with Gasteiger partial charge in [-0.05, 0) is 69.8 Å². The number of hydrogen-bond donors (Lipinski definition) is 1. The van der Waals surface area contributed by atoms with Crippen molar-refractivity contribution in [1.82, 2.24) is 29.3 Å². The van der Waals surface area contributed by atoms with Crippen LogP contribution in [0.25, 0.3) is 11.0 Å². The van der Waals surface area contributed by atoms with Crippen LogP contribution >= 0.6 is 11.8 Å². The number of unbranched alkanes of at least 4 members (excludes halogenated alkanes) is 1. The van der Waals surface area contributed by atoms with Gasteiger partial charge < -0.3 is 15.2 Å². The minimum absolute atomic E-state index is 0.132. The molecule has 3 aromatic rings. The lowest BCUT2D eigenvalue weighted by Gasteiger charge is -2.38. The molecule has 2 fully saturated rings. The summed E-state index contributed by atoms with van der Waals surface area (Å²) in [7, 11) is 0. The monoisotopic (exact) mass is 521 g/mol. The number of benzene rings is 1. The van der Waals surface area contributed by atoms with Gasteiger partial charge in [0.2, 0.25) is 11.9 Å². The summed E-state index contributed by atoms with van der Waals surface area (Å²) in [5.41, 5.74) is 10.2. The molecule has 0 spiro atoms. The number of aromatic nitrogens is 4. The number of carbonyl (C=O) groups excluding carboxylic acids is 1. The van der Waals surface area contributed by atoms with Crippen molar-refractivity contribution in [3.63, 3.8) is 0 Å². The van der Waals surface area contributed by atoms with E-state index in [1.165, 1.54) is 23.9 Å². The Bertz CT molecular complexity index is 1200. The van der Waals surface area contributed by atoms with Gasteiger partial charge >= 0.3 is 0 Å². The van der Waals surface area contributed by atoms with Crippen LogP contribution in [0, 0.1) is 12.8 Å². The molecule has 0 atom stereocenters. The van der Waals surface area contributed by atoms with Crippen molar-refractivity contribution in [3.8, 4) is 0 Å². The third-order valence-corrected chi connectivity index (χ3v) is 8.79. The number of imidazole rings is 1. The van der Waals surface area contributed by atoms with Crippen molar-refractivity contribution >= 4 is 34.7 Å². The first-order valence-electron chi connectivity index (χ1n) is 13.7. The summed E-state index contributed by atoms with van der Waals surface area (Å²) < 4.78 is 2.47. The molecule has 2 aromatic heterocycles. The number of nitrogens with zero attached hydrogens (tertiary/aromatic N) is 6. The van der Waals surface area contributed by atoms with Gasteiger partial charge in [0, 0.05) is 55.3 Å². The standard InChI is InChI=1S/C28H39N7OS/c1-3-4-15-37-28-32-24-16-20(2)5-6-25(24)35(28)23-9-13-34(14-10-23)26(36)22-7-11-33(12-8-22)19-21-17-30-27(29)31-18-21/h5-6,16-18,22-23H,3-4,7-15,19H2,1-2H3,(H2,29,30,31). The fraction of sp³-hybridized carbons (Fsp3) is 0.571. The molecule has 4 heterocycles. The number of likely N-dealkylation sites (tertiary alicyclic amines) is 2. The number of piperidine rings is 2. The zero-order chi connectivity index (χ0) is 25.8. The van der Waals surface area contributed by atoms with E-state index < -0.39 is 0 Å². The Morgan fingerprint density at radius 3 is 2.51 bits per heavy atom. The van der Waals surface area contributed by atoms with E-state index in [1.807, 2.05) is 11.8 Å². The number of anilines is 1. The molecule has 1 amide bonds. The second kappa shape index (κ2) is 11.8. The lowest BCUT2D eigenvalue weighted by Crippen LogP contribution is -2.45. The number of nitrogen functional groups attached to an aromatic ring is 1. The highest BCUT2D eigenvalue weighted by molar-refractivity contribution is 7.99. The number of hydrogen-bond acceptors (Lipinski definition) is 7. The summed E-state index contributed by atoms with van der Waals surface area (Å²) in [4.78, 5) is 31.1. The normalized spacial score (nSPS) is 18.1. The highest BCUT2D eigenvalue weighted by Gasteiger charge is 2.32. The van der Waals surface area contributed by atoms with Crippen LogP contribution in [-0.4, -0.2) is 67.2 Å². The number of thioether (sulfide) groups is 1. The van der Waals surface area contributed by atoms with Gasteiger partial charge in [-0.25, -0.2) is 15.0 Å². The Balaban J connectivity index is 1.17. The van der Waals surface area contributed by atoms with E-state index in [2.05, 4.69) is 56.4 Å². The maximum absolute atomic E-state index is 13.4. The van der Waals surface area contributed by atoms with Gasteiger partial charge in [-0.1, -0.05) is 31.2 Å². The molecular weight excluding hydrogens is 482 g/mol. The molecule has 2 N–H and O–H groups in total. The summed E-state index contributed by atoms with van der Waals surface area (Å²) in [6.45, 7) is 8.69. The predicted octanol–water partition coefficient (Wildman–Crippen LogP) is 4.68. The van der Waals surface area contributed by atoms with Crippen molar-refractivity contribution < 1.29 is 4.79 Å². The topological polar surface area (TPSA) is 93.2 Å². The maximum Gasteiger partial charge on any atom is 0.225 e. The van der Waals surface area contributed by atoms with Gasteiger partial charge in [-0.2, -0.15) is 0 Å². The molecule has 37 heavy (non-hydrogen) atoms. The number of aryl methyl sites for hydroxylation is 1. The van der Waals surface area contributed by atoms with Crippen molar-refractivity contribution in [1.29, 1.82) is 0 Å². The summed E-state index contributed by atoms with van der Waals surface area (Å²) in [6, 6.07) is 7.00. The van der Waals surface area contributed by atoms with Gasteiger partial charge in [0.25, 0.3) is 0 Å². The lowest BCUT2D eigenvalue weighted by molar-refractivity contribution is -0.138. The van der Waals surface area contributed by atoms with E-state index >= 15 is 0 Å². The Labute approximate surface area is 224 Å². The zero-order valence-electron chi connectivity index (χ0n) is 22.1. The van der Waals surface area contributed by atoms with Crippen LogP contribution in [-0.2, 0) is 11.3 Å². The highest BCUT2D eigenvalue weighted by Crippen LogP contribution is 2.34. The number of fused-ring (bicyclic) bond motifs is 1. The van der Waals surface area contributed by atoms with E-state index in [0.717, 1.165) is 80.4 Å². The Kier molecular flexibility index (Phi) is 8.30. The minimum Gasteiger partial charge on any atom is -0.368 e. The fourth-order valence-electron chi connectivity index (χ4n) is 5.59. The van der Waals surface area contributed by atoms with Gasteiger partial charge in [-0.3, -0.25) is 9.69 Å². The molecule has 1 aromatic carbocycles. The van der Waals surface area contributed by atoms with E-state index in [-0.39, 0.29) is 5.92 Å². The molecule has 0 radical (unpaired) electrons. The third-order valence-electron chi connectivity index (χ3n) is 7.75. The van der Waals surface area contributed by atoms with Crippen LogP contribution in [0.15, 0.2) is 35.7 Å². The molecule has 198 valence electrons. The molecule has 0 bridgehead atoms. The second-order valence-corrected chi connectivity index (χ2v) is 11.6. The average Bonchev–Trinajstić information content (AvgIpc) is 3.27. The molecule has 0 aliphatic carbocycles. The maximum atomic E-state index is 13.4. The van der Waals surface area contributed by atoms with Crippen molar-refractivity contribution in [3.05, 3.63) is 41.7 Å². The van der Waals surface area contributed by atoms with E-state index in [0.29, 0.717) is 17.9 Å². The summed E-state index contributed by atoms with van der Waals surface area (Å²) in [5, 5.41) is 1.14. The van der Waals surface area contributed by atoms with Gasteiger partial charge in [0.05, 0.1) is 11.0 Å². The number of carbonyl (C=O) groups is 1. The van der Waals surface area contributed by atoms with Crippen LogP contribution in [0.3, 0.4) is 0 Å². The smallest absolute Gasteiger partial charge is 0.225 e. The van der Waals surface area contributed by atoms with Crippen molar-refractivity contribution in [2.24, 2.45) is 5.92 Å². The van der Waals surface area contributed by atoms with E-state index in [4.69, 9.17) is 10.7 Å². The van der Waals surface area contributed by atoms with Crippen molar-refractivity contribution in [2.75, 3.05) is 37.7 Å². The van der Waals surface area contributed by atoms with E-state index in [1.54, 1.807) is 12.4 Å². The highest BCUT2D eigenvalue weighted by atomic mass is 32.2. The first-order valence-corrected chi connectivity index (χ1v) is 14.7. The van der Waals surface area contributed by atoms with Crippen LogP contribution in [0.2, 0.25) is 0 Å². The molecule has 8 nitrogen and oxygen atoms in total. The molecule has 2 aliphatic heterocycles. The average molecular weight is 522 g/mol. The minimum atomic E-state index is 0.132. The molecule has 5 rings (SSSR count). The molecule has 2 aliphatic rings. The lowest BCUT2D eigenvalue weighted by atomic mass is 9.93. The Hall–Kier alpha value is -2.65. The number of amides is 1. The van der Waals surface area contributed by atoms with E-state index in [9.17, 15) is 4.79 Å². The Morgan fingerprint density at radius 1 is 1.08 bits per heavy atom. The van der Waals surface area contributed by atoms with Crippen LogP contribution in [0.5, 0.6) is 0 Å². The van der Waals surface area contributed by atoms with Crippen LogP contribution in [0.1, 0.15) is 62.6 Å².